The summed E-state index contributed by atoms with van der Waals surface area (Å²) < 4.78 is 28.8. The minimum atomic E-state index is -3.93. The maximum atomic E-state index is 12.0. The number of aliphatic imine (C=N–C) groups is 4. The number of carbonyl (C=O) groups excluding carboxylic acids is 1. The van der Waals surface area contributed by atoms with Gasteiger partial charge in [-0.3, -0.25) is 4.79 Å². The summed E-state index contributed by atoms with van der Waals surface area (Å²) in [4.78, 5) is 27.5. The summed E-state index contributed by atoms with van der Waals surface area (Å²) in [6.45, 7) is 2.33. The Morgan fingerprint density at radius 2 is 2.00 bits per heavy atom. The van der Waals surface area contributed by atoms with Crippen molar-refractivity contribution in [1.82, 2.24) is 0 Å². The second kappa shape index (κ2) is 6.06. The van der Waals surface area contributed by atoms with Gasteiger partial charge in [0.25, 0.3) is 0 Å². The van der Waals surface area contributed by atoms with Crippen molar-refractivity contribution in [2.45, 2.75) is 18.2 Å². The predicted molar refractivity (Wildman–Crippen MR) is 88.5 cm³/mol. The molecule has 0 fully saturated rings. The van der Waals surface area contributed by atoms with Crippen LogP contribution in [0.25, 0.3) is 0 Å². The largest absolute Gasteiger partial charge is 0.493 e. The Hall–Kier alpha value is -2.72. The number of amides is 1. The maximum absolute atomic E-state index is 12.0. The lowest BCUT2D eigenvalue weighted by Crippen LogP contribution is -2.26. The van der Waals surface area contributed by atoms with E-state index in [4.69, 9.17) is 9.88 Å². The van der Waals surface area contributed by atoms with Gasteiger partial charge in [-0.25, -0.2) is 28.5 Å². The smallest absolute Gasteiger partial charge is 0.301 e. The van der Waals surface area contributed by atoms with Crippen LogP contribution in [0, 0.1) is 0 Å². The van der Waals surface area contributed by atoms with Crippen molar-refractivity contribution in [2.24, 2.45) is 25.1 Å². The van der Waals surface area contributed by atoms with Crippen LogP contribution in [0.15, 0.2) is 43.1 Å². The minimum Gasteiger partial charge on any atom is -0.493 e. The number of hydrogen-bond donors (Lipinski definition) is 1. The zero-order valence-corrected chi connectivity index (χ0v) is 13.4. The fraction of sp³-hybridized carbons (Fsp3) is 0.214. The molecule has 1 aromatic carbocycles. The van der Waals surface area contributed by atoms with Crippen molar-refractivity contribution in [3.8, 4) is 5.75 Å². The number of sulfonamides is 1. The number of carbonyl (C=O) groups is 1. The third-order valence-corrected chi connectivity index (χ3v) is 4.09. The molecule has 2 aliphatic heterocycles. The van der Waals surface area contributed by atoms with Crippen LogP contribution in [0.1, 0.15) is 18.9 Å². The molecule has 0 aromatic heterocycles. The van der Waals surface area contributed by atoms with Gasteiger partial charge in [-0.1, -0.05) is 6.92 Å². The number of ether oxygens (including phenoxy) is 1. The number of hydrogen-bond acceptors (Lipinski definition) is 7. The molecule has 3 rings (SSSR count). The third kappa shape index (κ3) is 3.01. The van der Waals surface area contributed by atoms with Crippen molar-refractivity contribution in [3.63, 3.8) is 0 Å². The second-order valence-corrected chi connectivity index (χ2v) is 6.51. The third-order valence-electron chi connectivity index (χ3n) is 3.18. The van der Waals surface area contributed by atoms with E-state index >= 15 is 0 Å². The van der Waals surface area contributed by atoms with Gasteiger partial charge in [0.1, 0.15) is 12.1 Å². The van der Waals surface area contributed by atoms with Gasteiger partial charge in [0.2, 0.25) is 10.0 Å². The second-order valence-electron chi connectivity index (χ2n) is 4.95. The van der Waals surface area contributed by atoms with E-state index in [0.717, 1.165) is 6.42 Å². The van der Waals surface area contributed by atoms with Gasteiger partial charge in [-0.15, -0.1) is 0 Å². The van der Waals surface area contributed by atoms with E-state index in [0.29, 0.717) is 12.4 Å². The Labute approximate surface area is 137 Å². The molecule has 0 saturated heterocycles. The van der Waals surface area contributed by atoms with Crippen LogP contribution in [0.2, 0.25) is 0 Å². The summed E-state index contributed by atoms with van der Waals surface area (Å²) in [5.41, 5.74) is 0.300. The average molecular weight is 347 g/mol. The quantitative estimate of drug-likeness (QED) is 0.818. The van der Waals surface area contributed by atoms with Crippen LogP contribution < -0.4 is 9.88 Å². The van der Waals surface area contributed by atoms with Crippen LogP contribution in [0.4, 0.5) is 0 Å². The van der Waals surface area contributed by atoms with Crippen molar-refractivity contribution in [2.75, 3.05) is 6.61 Å². The van der Waals surface area contributed by atoms with Gasteiger partial charge in [0, 0.05) is 0 Å². The SMILES string of the molecule is CCCOc1ccc(S(N)(=O)=O)cc1C1=NC(=O)C2=NC=NC2=N1. The summed E-state index contributed by atoms with van der Waals surface area (Å²) in [6.07, 6.45) is 1.96. The van der Waals surface area contributed by atoms with Gasteiger partial charge in [-0.2, -0.15) is 4.99 Å². The normalized spacial score (nSPS) is 16.4. The monoisotopic (exact) mass is 347 g/mol. The highest BCUT2D eigenvalue weighted by Crippen LogP contribution is 2.25. The molecule has 2 aliphatic rings. The Morgan fingerprint density at radius 3 is 2.71 bits per heavy atom. The van der Waals surface area contributed by atoms with Crippen molar-refractivity contribution < 1.29 is 17.9 Å². The van der Waals surface area contributed by atoms with E-state index in [1.807, 2.05) is 6.92 Å². The molecule has 0 bridgehead atoms. The molecule has 1 aromatic rings. The van der Waals surface area contributed by atoms with Crippen LogP contribution in [0.3, 0.4) is 0 Å². The highest BCUT2D eigenvalue weighted by Gasteiger charge is 2.28. The van der Waals surface area contributed by atoms with Gasteiger partial charge in [0.15, 0.2) is 17.4 Å². The molecular formula is C14H13N5O4S. The number of amidine groups is 2. The highest BCUT2D eigenvalue weighted by molar-refractivity contribution is 7.89. The number of rotatable bonds is 5. The van der Waals surface area contributed by atoms with Gasteiger partial charge >= 0.3 is 5.91 Å². The molecule has 0 atom stereocenters. The molecule has 0 aliphatic carbocycles. The topological polar surface area (TPSA) is 136 Å². The number of benzene rings is 1. The highest BCUT2D eigenvalue weighted by atomic mass is 32.2. The van der Waals surface area contributed by atoms with Crippen molar-refractivity contribution in [3.05, 3.63) is 23.8 Å². The minimum absolute atomic E-state index is 0.00426. The first-order valence-corrected chi connectivity index (χ1v) is 8.57. The first-order valence-electron chi connectivity index (χ1n) is 7.02. The first kappa shape index (κ1) is 16.1. The molecular weight excluding hydrogens is 334 g/mol. The van der Waals surface area contributed by atoms with Crippen LogP contribution in [-0.4, -0.2) is 44.7 Å². The summed E-state index contributed by atoms with van der Waals surface area (Å²) in [6, 6.07) is 4.06. The number of nitrogens with two attached hydrogens (primary N) is 1. The molecule has 0 spiro atoms. The van der Waals surface area contributed by atoms with E-state index in [1.54, 1.807) is 0 Å². The van der Waals surface area contributed by atoms with E-state index < -0.39 is 15.9 Å². The molecule has 2 N–H and O–H groups in total. The fourth-order valence-corrected chi connectivity index (χ4v) is 2.63. The average Bonchev–Trinajstić information content (AvgIpc) is 3.01. The first-order chi connectivity index (χ1) is 11.4. The number of fused-ring (bicyclic) bond motifs is 1. The summed E-state index contributed by atoms with van der Waals surface area (Å²) in [5, 5.41) is 5.16. The molecule has 9 nitrogen and oxygen atoms in total. The lowest BCUT2D eigenvalue weighted by atomic mass is 10.1. The van der Waals surface area contributed by atoms with Crippen LogP contribution >= 0.6 is 0 Å². The molecule has 1 amide bonds. The van der Waals surface area contributed by atoms with E-state index in [-0.39, 0.29) is 27.8 Å². The molecule has 0 unspecified atom stereocenters. The molecule has 10 heteroatoms. The van der Waals surface area contributed by atoms with Crippen LogP contribution in [0.5, 0.6) is 5.75 Å². The fourth-order valence-electron chi connectivity index (χ4n) is 2.09. The summed E-state index contributed by atoms with van der Waals surface area (Å²) in [7, 11) is -3.93. The Balaban J connectivity index is 2.12. The predicted octanol–water partition coefficient (Wildman–Crippen LogP) is 0.291. The maximum Gasteiger partial charge on any atom is 0.301 e. The van der Waals surface area contributed by atoms with E-state index in [1.165, 1.54) is 24.5 Å². The number of nitrogens with zero attached hydrogens (tertiary/aromatic N) is 4. The van der Waals surface area contributed by atoms with Gasteiger partial charge < -0.3 is 4.74 Å². The summed E-state index contributed by atoms with van der Waals surface area (Å²) >= 11 is 0. The molecule has 2 heterocycles. The summed E-state index contributed by atoms with van der Waals surface area (Å²) in [5.74, 6) is -0.116. The zero-order valence-electron chi connectivity index (χ0n) is 12.6. The van der Waals surface area contributed by atoms with Gasteiger partial charge in [-0.05, 0) is 24.6 Å². The Bertz CT molecular complexity index is 944. The number of primary sulfonamides is 1. The van der Waals surface area contributed by atoms with Gasteiger partial charge in [0.05, 0.1) is 17.1 Å². The molecule has 24 heavy (non-hydrogen) atoms. The van der Waals surface area contributed by atoms with Crippen LogP contribution in [-0.2, 0) is 14.8 Å². The van der Waals surface area contributed by atoms with Crippen molar-refractivity contribution >= 4 is 39.7 Å². The zero-order chi connectivity index (χ0) is 17.3. The Kier molecular flexibility index (Phi) is 4.08. The molecule has 124 valence electrons. The lowest BCUT2D eigenvalue weighted by molar-refractivity contribution is -0.111. The molecule has 0 radical (unpaired) electrons. The lowest BCUT2D eigenvalue weighted by Gasteiger charge is -2.14. The Morgan fingerprint density at radius 1 is 1.21 bits per heavy atom. The van der Waals surface area contributed by atoms with E-state index in [9.17, 15) is 13.2 Å². The van der Waals surface area contributed by atoms with Crippen molar-refractivity contribution in [1.29, 1.82) is 0 Å². The van der Waals surface area contributed by atoms with E-state index in [2.05, 4.69) is 20.0 Å². The molecule has 0 saturated carbocycles. The standard InChI is InChI=1S/C14H13N5O4S/c1-2-5-23-10-4-3-8(24(15,21)22)6-9(10)12-18-13-11(14(20)19-12)16-7-17-13/h3-4,6-7H,2,5H2,1H3,(H2,15,21,22).